The molecule has 0 radical (unpaired) electrons. The van der Waals surface area contributed by atoms with E-state index in [0.717, 1.165) is 6.42 Å². The van der Waals surface area contributed by atoms with E-state index in [0.29, 0.717) is 18.2 Å². The molecule has 4 heteroatoms. The molecule has 1 rings (SSSR count). The molecule has 0 aliphatic carbocycles. The van der Waals surface area contributed by atoms with E-state index < -0.39 is 5.97 Å². The molecule has 90 valence electrons. The average molecular weight is 225 g/mol. The second kappa shape index (κ2) is 4.68. The number of rotatable bonds is 4. The van der Waals surface area contributed by atoms with Crippen LogP contribution in [0.5, 0.6) is 0 Å². The number of carbonyl (C=O) groups excluding carboxylic acids is 1. The van der Waals surface area contributed by atoms with Gasteiger partial charge in [-0.1, -0.05) is 20.8 Å². The van der Waals surface area contributed by atoms with Crippen LogP contribution in [0.3, 0.4) is 0 Å². The van der Waals surface area contributed by atoms with Crippen molar-refractivity contribution < 1.29 is 13.9 Å². The molecule has 4 nitrogen and oxygen atoms in total. The van der Waals surface area contributed by atoms with Crippen LogP contribution < -0.4 is 0 Å². The van der Waals surface area contributed by atoms with Crippen molar-refractivity contribution in [2.75, 3.05) is 6.61 Å². The first-order chi connectivity index (χ1) is 7.42. The van der Waals surface area contributed by atoms with Gasteiger partial charge in [-0.25, -0.2) is 9.78 Å². The lowest BCUT2D eigenvalue weighted by atomic mass is 9.90. The van der Waals surface area contributed by atoms with Gasteiger partial charge in [-0.3, -0.25) is 0 Å². The van der Waals surface area contributed by atoms with Crippen molar-refractivity contribution in [3.63, 3.8) is 0 Å². The van der Waals surface area contributed by atoms with Crippen molar-refractivity contribution in [1.82, 2.24) is 4.98 Å². The molecule has 0 atom stereocenters. The van der Waals surface area contributed by atoms with Crippen LogP contribution in [-0.4, -0.2) is 17.6 Å². The van der Waals surface area contributed by atoms with Gasteiger partial charge >= 0.3 is 5.97 Å². The molecule has 0 amide bonds. The summed E-state index contributed by atoms with van der Waals surface area (Å²) < 4.78 is 10.4. The summed E-state index contributed by atoms with van der Waals surface area (Å²) in [5.41, 5.74) is 0.435. The average Bonchev–Trinajstić information content (AvgIpc) is 2.61. The van der Waals surface area contributed by atoms with Gasteiger partial charge in [0.2, 0.25) is 11.7 Å². The highest BCUT2D eigenvalue weighted by Crippen LogP contribution is 2.27. The fourth-order valence-corrected chi connectivity index (χ4v) is 1.22. The van der Waals surface area contributed by atoms with Crippen molar-refractivity contribution in [3.8, 4) is 0 Å². The summed E-state index contributed by atoms with van der Waals surface area (Å²) in [6.45, 7) is 9.99. The number of hydrogen-bond acceptors (Lipinski definition) is 4. The van der Waals surface area contributed by atoms with E-state index in [1.807, 2.05) is 13.8 Å². The minimum atomic E-state index is -0.439. The lowest BCUT2D eigenvalue weighted by Gasteiger charge is -2.17. The number of esters is 1. The van der Waals surface area contributed by atoms with Crippen molar-refractivity contribution in [3.05, 3.63) is 17.3 Å². The molecular formula is C12H19NO3. The number of carbonyl (C=O) groups is 1. The first kappa shape index (κ1) is 12.7. The Bertz CT molecular complexity index is 380. The second-order valence-electron chi connectivity index (χ2n) is 4.39. The van der Waals surface area contributed by atoms with Gasteiger partial charge in [0.25, 0.3) is 0 Å². The Morgan fingerprint density at radius 3 is 2.56 bits per heavy atom. The van der Waals surface area contributed by atoms with Crippen molar-refractivity contribution in [1.29, 1.82) is 0 Å². The van der Waals surface area contributed by atoms with Gasteiger partial charge in [0.15, 0.2) is 0 Å². The zero-order valence-corrected chi connectivity index (χ0v) is 10.6. The molecular weight excluding hydrogens is 206 g/mol. The van der Waals surface area contributed by atoms with E-state index in [4.69, 9.17) is 9.15 Å². The predicted molar refractivity (Wildman–Crippen MR) is 60.5 cm³/mol. The van der Waals surface area contributed by atoms with Gasteiger partial charge < -0.3 is 9.15 Å². The molecule has 1 aromatic heterocycles. The van der Waals surface area contributed by atoms with Crippen LogP contribution in [0.15, 0.2) is 4.42 Å². The first-order valence-corrected chi connectivity index (χ1v) is 5.57. The third-order valence-corrected chi connectivity index (χ3v) is 2.72. The Kier molecular flexibility index (Phi) is 3.73. The molecule has 0 aliphatic rings. The summed E-state index contributed by atoms with van der Waals surface area (Å²) in [6.07, 6.45) is 0.898. The van der Waals surface area contributed by atoms with Crippen LogP contribution in [-0.2, 0) is 10.2 Å². The van der Waals surface area contributed by atoms with E-state index in [2.05, 4.69) is 11.9 Å². The number of nitrogens with zero attached hydrogens (tertiary/aromatic N) is 1. The summed E-state index contributed by atoms with van der Waals surface area (Å²) in [5, 5.41) is 0. The van der Waals surface area contributed by atoms with Gasteiger partial charge in [0.1, 0.15) is 0 Å². The zero-order chi connectivity index (χ0) is 12.3. The van der Waals surface area contributed by atoms with Gasteiger partial charge in [-0.05, 0) is 20.3 Å². The van der Waals surface area contributed by atoms with Crippen molar-refractivity contribution in [2.45, 2.75) is 46.5 Å². The van der Waals surface area contributed by atoms with Crippen LogP contribution >= 0.6 is 0 Å². The SMILES string of the molecule is CCOC(=O)c1oc(C(C)(C)CC)nc1C. The minimum absolute atomic E-state index is 0.157. The molecule has 0 fully saturated rings. The van der Waals surface area contributed by atoms with E-state index in [1.165, 1.54) is 0 Å². The molecule has 0 unspecified atom stereocenters. The molecule has 16 heavy (non-hydrogen) atoms. The van der Waals surface area contributed by atoms with Gasteiger partial charge in [-0.15, -0.1) is 0 Å². The quantitative estimate of drug-likeness (QED) is 0.739. The fourth-order valence-electron chi connectivity index (χ4n) is 1.22. The highest BCUT2D eigenvalue weighted by atomic mass is 16.5. The Morgan fingerprint density at radius 1 is 1.44 bits per heavy atom. The monoisotopic (exact) mass is 225 g/mol. The van der Waals surface area contributed by atoms with E-state index in [1.54, 1.807) is 13.8 Å². The number of aryl methyl sites for hydroxylation is 1. The first-order valence-electron chi connectivity index (χ1n) is 5.57. The van der Waals surface area contributed by atoms with Crippen LogP contribution in [0.25, 0.3) is 0 Å². The normalized spacial score (nSPS) is 11.6. The highest BCUT2D eigenvalue weighted by Gasteiger charge is 2.28. The van der Waals surface area contributed by atoms with Crippen molar-refractivity contribution in [2.24, 2.45) is 0 Å². The maximum atomic E-state index is 11.5. The maximum Gasteiger partial charge on any atom is 0.376 e. The van der Waals surface area contributed by atoms with Crippen LogP contribution in [0.2, 0.25) is 0 Å². The van der Waals surface area contributed by atoms with Gasteiger partial charge in [0.05, 0.1) is 12.3 Å². The molecule has 0 aliphatic heterocycles. The topological polar surface area (TPSA) is 52.3 Å². The van der Waals surface area contributed by atoms with E-state index in [9.17, 15) is 4.79 Å². The van der Waals surface area contributed by atoms with E-state index >= 15 is 0 Å². The molecule has 0 bridgehead atoms. The lowest BCUT2D eigenvalue weighted by molar-refractivity contribution is 0.0485. The highest BCUT2D eigenvalue weighted by molar-refractivity contribution is 5.87. The van der Waals surface area contributed by atoms with Gasteiger partial charge in [0, 0.05) is 5.41 Å². The summed E-state index contributed by atoms with van der Waals surface area (Å²) in [4.78, 5) is 15.8. The summed E-state index contributed by atoms with van der Waals surface area (Å²) >= 11 is 0. The standard InChI is InChI=1S/C12H19NO3/c1-6-12(4,5)11-13-8(3)9(16-11)10(14)15-7-2/h6-7H2,1-5H3. The van der Waals surface area contributed by atoms with Crippen LogP contribution in [0.4, 0.5) is 0 Å². The third kappa shape index (κ3) is 2.43. The molecule has 1 aromatic rings. The fraction of sp³-hybridized carbons (Fsp3) is 0.667. The molecule has 0 N–H and O–H groups in total. The number of aromatic nitrogens is 1. The summed E-state index contributed by atoms with van der Waals surface area (Å²) in [7, 11) is 0. The Morgan fingerprint density at radius 2 is 2.06 bits per heavy atom. The largest absolute Gasteiger partial charge is 0.460 e. The Balaban J connectivity index is 3.03. The molecule has 1 heterocycles. The number of ether oxygens (including phenoxy) is 1. The minimum Gasteiger partial charge on any atom is -0.460 e. The number of oxazole rings is 1. The number of hydrogen-bond donors (Lipinski definition) is 0. The lowest BCUT2D eigenvalue weighted by Crippen LogP contribution is -2.15. The Labute approximate surface area is 96.0 Å². The molecule has 0 saturated carbocycles. The second-order valence-corrected chi connectivity index (χ2v) is 4.39. The molecule has 0 saturated heterocycles. The Hall–Kier alpha value is -1.32. The van der Waals surface area contributed by atoms with Crippen LogP contribution in [0, 0.1) is 6.92 Å². The van der Waals surface area contributed by atoms with Crippen molar-refractivity contribution >= 4 is 5.97 Å². The predicted octanol–water partition coefficient (Wildman–Crippen LogP) is 2.85. The molecule has 0 aromatic carbocycles. The van der Waals surface area contributed by atoms with Gasteiger partial charge in [-0.2, -0.15) is 0 Å². The van der Waals surface area contributed by atoms with Crippen LogP contribution in [0.1, 0.15) is 56.3 Å². The molecule has 0 spiro atoms. The smallest absolute Gasteiger partial charge is 0.376 e. The maximum absolute atomic E-state index is 11.5. The summed E-state index contributed by atoms with van der Waals surface area (Å²) in [5.74, 6) is 0.375. The summed E-state index contributed by atoms with van der Waals surface area (Å²) in [6, 6.07) is 0. The third-order valence-electron chi connectivity index (χ3n) is 2.72. The van der Waals surface area contributed by atoms with E-state index in [-0.39, 0.29) is 11.2 Å². The zero-order valence-electron chi connectivity index (χ0n) is 10.6.